The van der Waals surface area contributed by atoms with Crippen LogP contribution in [0.1, 0.15) is 31.7 Å². The van der Waals surface area contributed by atoms with E-state index >= 15 is 0 Å². The van der Waals surface area contributed by atoms with E-state index in [1.54, 1.807) is 24.4 Å². The van der Waals surface area contributed by atoms with Gasteiger partial charge in [-0.05, 0) is 37.6 Å². The van der Waals surface area contributed by atoms with Gasteiger partial charge in [-0.1, -0.05) is 22.9 Å². The first-order valence-corrected chi connectivity index (χ1v) is 10.2. The molecule has 0 spiro atoms. The molecule has 0 atom stereocenters. The number of aryl methyl sites for hydroxylation is 1. The minimum atomic E-state index is -0.213. The van der Waals surface area contributed by atoms with E-state index in [0.29, 0.717) is 52.6 Å². The first-order chi connectivity index (χ1) is 14.1. The summed E-state index contributed by atoms with van der Waals surface area (Å²) in [7, 11) is 0. The van der Waals surface area contributed by atoms with Crippen LogP contribution in [0, 0.1) is 0 Å². The van der Waals surface area contributed by atoms with E-state index in [4.69, 9.17) is 14.2 Å². The van der Waals surface area contributed by atoms with Crippen LogP contribution in [0.2, 0.25) is 0 Å². The van der Waals surface area contributed by atoms with E-state index in [-0.39, 0.29) is 12.4 Å². The summed E-state index contributed by atoms with van der Waals surface area (Å²) in [5.74, 6) is 2.48. The Hall–Kier alpha value is -2.87. The van der Waals surface area contributed by atoms with Gasteiger partial charge in [0.05, 0.1) is 23.7 Å². The second-order valence-corrected chi connectivity index (χ2v) is 7.39. The topological polar surface area (TPSA) is 74.9 Å². The van der Waals surface area contributed by atoms with E-state index in [1.807, 2.05) is 26.0 Å². The number of hydrogen-bond donors (Lipinski definition) is 0. The molecular formula is C21H20BrN3O4. The van der Waals surface area contributed by atoms with Gasteiger partial charge in [0.15, 0.2) is 11.5 Å². The largest absolute Gasteiger partial charge is 0.493 e. The lowest BCUT2D eigenvalue weighted by Crippen LogP contribution is -2.22. The molecule has 1 aliphatic rings. The van der Waals surface area contributed by atoms with Gasteiger partial charge in [0, 0.05) is 22.5 Å². The second-order valence-electron chi connectivity index (χ2n) is 6.48. The van der Waals surface area contributed by atoms with Gasteiger partial charge >= 0.3 is 0 Å². The van der Waals surface area contributed by atoms with E-state index in [0.717, 1.165) is 10.9 Å². The summed E-state index contributed by atoms with van der Waals surface area (Å²) in [5.41, 5.74) is 1.14. The van der Waals surface area contributed by atoms with Crippen LogP contribution in [0.3, 0.4) is 0 Å². The van der Waals surface area contributed by atoms with Crippen molar-refractivity contribution >= 4 is 33.0 Å². The molecule has 0 saturated heterocycles. The van der Waals surface area contributed by atoms with Crippen molar-refractivity contribution in [3.63, 3.8) is 0 Å². The molecule has 1 aliphatic heterocycles. The number of ether oxygens (including phenoxy) is 3. The predicted molar refractivity (Wildman–Crippen MR) is 114 cm³/mol. The Morgan fingerprint density at radius 1 is 1.24 bits per heavy atom. The highest BCUT2D eigenvalue weighted by molar-refractivity contribution is 9.10. The zero-order valence-corrected chi connectivity index (χ0v) is 17.7. The van der Waals surface area contributed by atoms with Crippen molar-refractivity contribution in [1.29, 1.82) is 0 Å². The molecule has 0 N–H and O–H groups in total. The molecular weight excluding hydrogens is 438 g/mol. The van der Waals surface area contributed by atoms with Crippen LogP contribution in [-0.2, 0) is 6.42 Å². The Kier molecular flexibility index (Phi) is 5.53. The van der Waals surface area contributed by atoms with Crippen LogP contribution in [-0.4, -0.2) is 29.3 Å². The molecule has 1 aromatic heterocycles. The third-order valence-electron chi connectivity index (χ3n) is 4.47. The maximum Gasteiger partial charge on any atom is 0.282 e. The maximum absolute atomic E-state index is 13.1. The number of aromatic nitrogens is 2. The molecule has 0 fully saturated rings. The number of benzene rings is 2. The molecule has 3 aromatic rings. The molecule has 2 heterocycles. The second kappa shape index (κ2) is 8.24. The van der Waals surface area contributed by atoms with Crippen LogP contribution in [0.5, 0.6) is 17.2 Å². The molecule has 0 unspecified atom stereocenters. The average Bonchev–Trinajstić information content (AvgIpc) is 3.16. The van der Waals surface area contributed by atoms with Gasteiger partial charge in [0.2, 0.25) is 6.79 Å². The first-order valence-electron chi connectivity index (χ1n) is 9.42. The fraction of sp³-hybridized carbons (Fsp3) is 0.286. The van der Waals surface area contributed by atoms with Gasteiger partial charge in [-0.25, -0.2) is 4.98 Å². The fourth-order valence-corrected chi connectivity index (χ4v) is 3.50. The Balaban J connectivity index is 1.83. The molecule has 150 valence electrons. The summed E-state index contributed by atoms with van der Waals surface area (Å²) in [6.07, 6.45) is 3.08. The van der Waals surface area contributed by atoms with Crippen molar-refractivity contribution in [2.75, 3.05) is 13.4 Å². The molecule has 0 saturated carbocycles. The van der Waals surface area contributed by atoms with Gasteiger partial charge in [0.1, 0.15) is 11.6 Å². The molecule has 4 rings (SSSR count). The van der Waals surface area contributed by atoms with Crippen molar-refractivity contribution in [2.24, 2.45) is 5.10 Å². The SMILES string of the molecule is CCCc1nc2ccc(Br)cc2c(=O)n1N=Cc1cc2c(cc1OCC)OCO2. The average molecular weight is 458 g/mol. The van der Waals surface area contributed by atoms with Gasteiger partial charge in [0.25, 0.3) is 5.56 Å². The molecule has 7 nitrogen and oxygen atoms in total. The van der Waals surface area contributed by atoms with Crippen molar-refractivity contribution < 1.29 is 14.2 Å². The number of halogens is 1. The van der Waals surface area contributed by atoms with Gasteiger partial charge < -0.3 is 14.2 Å². The van der Waals surface area contributed by atoms with Crippen molar-refractivity contribution in [2.45, 2.75) is 26.7 Å². The van der Waals surface area contributed by atoms with Crippen LogP contribution in [0.4, 0.5) is 0 Å². The summed E-state index contributed by atoms with van der Waals surface area (Å²) in [6.45, 7) is 4.61. The fourth-order valence-electron chi connectivity index (χ4n) is 3.14. The highest BCUT2D eigenvalue weighted by Crippen LogP contribution is 2.37. The smallest absolute Gasteiger partial charge is 0.282 e. The lowest BCUT2D eigenvalue weighted by molar-refractivity contribution is 0.174. The molecule has 0 bridgehead atoms. The zero-order valence-electron chi connectivity index (χ0n) is 16.1. The van der Waals surface area contributed by atoms with Crippen LogP contribution < -0.4 is 19.8 Å². The number of nitrogens with zero attached hydrogens (tertiary/aromatic N) is 3. The van der Waals surface area contributed by atoms with E-state index in [9.17, 15) is 4.79 Å². The predicted octanol–water partition coefficient (Wildman–Crippen LogP) is 4.12. The Morgan fingerprint density at radius 2 is 2.03 bits per heavy atom. The highest BCUT2D eigenvalue weighted by atomic mass is 79.9. The summed E-state index contributed by atoms with van der Waals surface area (Å²) in [6, 6.07) is 9.04. The normalized spacial score (nSPS) is 12.8. The van der Waals surface area contributed by atoms with E-state index in [2.05, 4.69) is 26.0 Å². The summed E-state index contributed by atoms with van der Waals surface area (Å²) in [4.78, 5) is 17.8. The summed E-state index contributed by atoms with van der Waals surface area (Å²) < 4.78 is 18.8. The Morgan fingerprint density at radius 3 is 2.79 bits per heavy atom. The van der Waals surface area contributed by atoms with Crippen LogP contribution in [0.15, 0.2) is 44.7 Å². The lowest BCUT2D eigenvalue weighted by Gasteiger charge is -2.10. The van der Waals surface area contributed by atoms with Crippen molar-refractivity contribution in [3.05, 3.63) is 56.5 Å². The minimum Gasteiger partial charge on any atom is -0.493 e. The number of hydrogen-bond acceptors (Lipinski definition) is 6. The van der Waals surface area contributed by atoms with Crippen LogP contribution in [0.25, 0.3) is 10.9 Å². The highest BCUT2D eigenvalue weighted by Gasteiger charge is 2.18. The van der Waals surface area contributed by atoms with Gasteiger partial charge in [-0.15, -0.1) is 0 Å². The van der Waals surface area contributed by atoms with Gasteiger partial charge in [-0.2, -0.15) is 9.78 Å². The zero-order chi connectivity index (χ0) is 20.4. The molecule has 2 aromatic carbocycles. The molecule has 0 aliphatic carbocycles. The number of fused-ring (bicyclic) bond motifs is 2. The molecule has 29 heavy (non-hydrogen) atoms. The van der Waals surface area contributed by atoms with E-state index < -0.39 is 0 Å². The Bertz CT molecular complexity index is 1160. The van der Waals surface area contributed by atoms with Gasteiger partial charge in [-0.3, -0.25) is 4.79 Å². The Labute approximate surface area is 176 Å². The van der Waals surface area contributed by atoms with Crippen LogP contribution >= 0.6 is 15.9 Å². The first kappa shape index (κ1) is 19.4. The monoisotopic (exact) mass is 457 g/mol. The molecule has 0 amide bonds. The summed E-state index contributed by atoms with van der Waals surface area (Å²) in [5, 5.41) is 4.97. The quantitative estimate of drug-likeness (QED) is 0.520. The molecule has 0 radical (unpaired) electrons. The van der Waals surface area contributed by atoms with E-state index in [1.165, 1.54) is 4.68 Å². The van der Waals surface area contributed by atoms with Crippen molar-refractivity contribution in [3.8, 4) is 17.2 Å². The molecule has 8 heteroatoms. The standard InChI is InChI=1S/C21H20BrN3O4/c1-3-5-20-24-16-7-6-14(22)9-15(16)21(26)25(20)23-11-13-8-18-19(29-12-28-18)10-17(13)27-4-2/h6-11H,3-5,12H2,1-2H3. The maximum atomic E-state index is 13.1. The summed E-state index contributed by atoms with van der Waals surface area (Å²) >= 11 is 3.41. The number of rotatable bonds is 6. The van der Waals surface area contributed by atoms with Crippen molar-refractivity contribution in [1.82, 2.24) is 9.66 Å². The third-order valence-corrected chi connectivity index (χ3v) is 4.96. The lowest BCUT2D eigenvalue weighted by atomic mass is 10.2. The third kappa shape index (κ3) is 3.85. The minimum absolute atomic E-state index is 0.172.